The monoisotopic (exact) mass is 239 g/mol. The molecule has 0 spiro atoms. The first-order valence-corrected chi connectivity index (χ1v) is 4.91. The van der Waals surface area contributed by atoms with Gasteiger partial charge in [-0.1, -0.05) is 34.1 Å². The Balaban J connectivity index is 2.68. The molecule has 1 aromatic rings. The first kappa shape index (κ1) is 8.75. The van der Waals surface area contributed by atoms with E-state index in [0.29, 0.717) is 0 Å². The van der Waals surface area contributed by atoms with Crippen LogP contribution in [0.15, 0.2) is 24.3 Å². The highest BCUT2D eigenvalue weighted by Crippen LogP contribution is 2.42. The van der Waals surface area contributed by atoms with Crippen LogP contribution in [0.25, 0.3) is 0 Å². The molecule has 1 heterocycles. The number of hydrogen-bond donors (Lipinski definition) is 0. The van der Waals surface area contributed by atoms with Gasteiger partial charge in [0.1, 0.15) is 4.45 Å². The third kappa shape index (κ3) is 1.03. The highest BCUT2D eigenvalue weighted by Gasteiger charge is 2.41. The number of carbonyl (C=O) groups excluding carboxylic acids is 1. The fourth-order valence-electron chi connectivity index (χ4n) is 1.62. The lowest BCUT2D eigenvalue weighted by atomic mass is 10.1. The Bertz CT molecular complexity index is 373. The number of fused-ring (bicyclic) bond motifs is 1. The number of alkyl halides is 1. The van der Waals surface area contributed by atoms with Gasteiger partial charge in [-0.05, 0) is 13.0 Å². The summed E-state index contributed by atoms with van der Waals surface area (Å²) < 4.78 is -0.347. The zero-order chi connectivity index (χ0) is 9.64. The maximum Gasteiger partial charge on any atom is 0.255 e. The summed E-state index contributed by atoms with van der Waals surface area (Å²) >= 11 is 3.55. The minimum absolute atomic E-state index is 0.0787. The van der Waals surface area contributed by atoms with E-state index in [1.807, 2.05) is 31.2 Å². The van der Waals surface area contributed by atoms with Gasteiger partial charge >= 0.3 is 0 Å². The topological polar surface area (TPSA) is 20.3 Å². The minimum atomic E-state index is -0.347. The first-order chi connectivity index (χ1) is 6.05. The van der Waals surface area contributed by atoms with E-state index in [1.54, 1.807) is 11.9 Å². The second-order valence-electron chi connectivity index (χ2n) is 3.36. The van der Waals surface area contributed by atoms with Crippen LogP contribution in [-0.4, -0.2) is 17.9 Å². The van der Waals surface area contributed by atoms with Gasteiger partial charge < -0.3 is 4.90 Å². The van der Waals surface area contributed by atoms with Crippen LogP contribution in [0, 0.1) is 0 Å². The molecule has 3 heteroatoms. The van der Waals surface area contributed by atoms with Gasteiger partial charge in [0.25, 0.3) is 5.91 Å². The van der Waals surface area contributed by atoms with Gasteiger partial charge in [-0.15, -0.1) is 0 Å². The third-order valence-corrected chi connectivity index (χ3v) is 3.54. The van der Waals surface area contributed by atoms with E-state index in [0.717, 1.165) is 11.1 Å². The number of carbonyl (C=O) groups is 1. The molecule has 1 aliphatic rings. The molecule has 1 aliphatic heterocycles. The average Bonchev–Trinajstić information content (AvgIpc) is 2.30. The maximum atomic E-state index is 11.7. The summed E-state index contributed by atoms with van der Waals surface area (Å²) in [4.78, 5) is 13.4. The fourth-order valence-corrected chi connectivity index (χ4v) is 2.13. The largest absolute Gasteiger partial charge is 0.322 e. The second kappa shape index (κ2) is 2.58. The summed E-state index contributed by atoms with van der Waals surface area (Å²) in [5.74, 6) is 0.0787. The van der Waals surface area contributed by atoms with Gasteiger partial charge in [-0.2, -0.15) is 0 Å². The number of benzene rings is 1. The van der Waals surface area contributed by atoms with Gasteiger partial charge in [-0.3, -0.25) is 4.79 Å². The molecule has 1 unspecified atom stereocenters. The van der Waals surface area contributed by atoms with Crippen molar-refractivity contribution in [3.05, 3.63) is 35.4 Å². The van der Waals surface area contributed by atoms with E-state index in [-0.39, 0.29) is 10.4 Å². The van der Waals surface area contributed by atoms with Gasteiger partial charge in [0, 0.05) is 18.2 Å². The van der Waals surface area contributed by atoms with Crippen LogP contribution in [0.5, 0.6) is 0 Å². The number of amides is 1. The molecule has 0 saturated heterocycles. The normalized spacial score (nSPS) is 26.4. The summed E-state index contributed by atoms with van der Waals surface area (Å²) in [6.45, 7) is 1.98. The summed E-state index contributed by atoms with van der Waals surface area (Å²) in [5, 5.41) is 0. The highest BCUT2D eigenvalue weighted by atomic mass is 79.9. The van der Waals surface area contributed by atoms with E-state index in [1.165, 1.54) is 0 Å². The molecule has 0 radical (unpaired) electrons. The van der Waals surface area contributed by atoms with Gasteiger partial charge in [-0.25, -0.2) is 0 Å². The molecule has 1 atom stereocenters. The maximum absolute atomic E-state index is 11.7. The molecular formula is C10H10BrNO. The lowest BCUT2D eigenvalue weighted by Gasteiger charge is -2.26. The quantitative estimate of drug-likeness (QED) is 0.503. The van der Waals surface area contributed by atoms with E-state index in [4.69, 9.17) is 0 Å². The Morgan fingerprint density at radius 3 is 2.62 bits per heavy atom. The van der Waals surface area contributed by atoms with Crippen molar-refractivity contribution in [2.75, 3.05) is 7.05 Å². The lowest BCUT2D eigenvalue weighted by molar-refractivity contribution is 0.0766. The summed E-state index contributed by atoms with van der Waals surface area (Å²) in [6, 6.07) is 7.68. The van der Waals surface area contributed by atoms with E-state index >= 15 is 0 Å². The molecule has 0 N–H and O–H groups in total. The Labute approximate surface area is 85.7 Å². The lowest BCUT2D eigenvalue weighted by Crippen LogP contribution is -2.32. The molecule has 0 fully saturated rings. The summed E-state index contributed by atoms with van der Waals surface area (Å²) in [5.41, 5.74) is 1.84. The SMILES string of the molecule is CN1C(=O)c2ccccc2C1(C)Br. The Hall–Kier alpha value is -0.830. The Morgan fingerprint density at radius 2 is 2.00 bits per heavy atom. The Morgan fingerprint density at radius 1 is 1.38 bits per heavy atom. The number of halogens is 1. The molecule has 0 aromatic heterocycles. The van der Waals surface area contributed by atoms with Crippen molar-refractivity contribution in [1.82, 2.24) is 4.90 Å². The van der Waals surface area contributed by atoms with Crippen molar-refractivity contribution in [3.63, 3.8) is 0 Å². The van der Waals surface area contributed by atoms with E-state index in [9.17, 15) is 4.79 Å². The summed E-state index contributed by atoms with van der Waals surface area (Å²) in [6.07, 6.45) is 0. The third-order valence-electron chi connectivity index (χ3n) is 2.58. The molecule has 68 valence electrons. The second-order valence-corrected chi connectivity index (χ2v) is 4.91. The van der Waals surface area contributed by atoms with Crippen LogP contribution >= 0.6 is 15.9 Å². The molecule has 2 nitrogen and oxygen atoms in total. The first-order valence-electron chi connectivity index (χ1n) is 4.11. The van der Waals surface area contributed by atoms with Crippen LogP contribution in [-0.2, 0) is 4.45 Å². The standard InChI is InChI=1S/C10H10BrNO/c1-10(11)8-6-4-3-5-7(8)9(13)12(10)2/h3-6H,1-2H3. The van der Waals surface area contributed by atoms with E-state index in [2.05, 4.69) is 15.9 Å². The van der Waals surface area contributed by atoms with Crippen LogP contribution < -0.4 is 0 Å². The molecule has 1 aromatic carbocycles. The van der Waals surface area contributed by atoms with Crippen molar-refractivity contribution in [1.29, 1.82) is 0 Å². The van der Waals surface area contributed by atoms with Crippen LogP contribution in [0.4, 0.5) is 0 Å². The highest BCUT2D eigenvalue weighted by molar-refractivity contribution is 9.09. The minimum Gasteiger partial charge on any atom is -0.322 e. The van der Waals surface area contributed by atoms with Gasteiger partial charge in [0.15, 0.2) is 0 Å². The van der Waals surface area contributed by atoms with Gasteiger partial charge in [0.05, 0.1) is 0 Å². The van der Waals surface area contributed by atoms with Crippen molar-refractivity contribution < 1.29 is 4.79 Å². The molecular weight excluding hydrogens is 230 g/mol. The van der Waals surface area contributed by atoms with Crippen LogP contribution in [0.1, 0.15) is 22.8 Å². The fraction of sp³-hybridized carbons (Fsp3) is 0.300. The summed E-state index contributed by atoms with van der Waals surface area (Å²) in [7, 11) is 1.80. The molecule has 2 rings (SSSR count). The predicted octanol–water partition coefficient (Wildman–Crippen LogP) is 2.34. The van der Waals surface area contributed by atoms with Crippen LogP contribution in [0.3, 0.4) is 0 Å². The molecule has 0 bridgehead atoms. The van der Waals surface area contributed by atoms with Crippen molar-refractivity contribution >= 4 is 21.8 Å². The predicted molar refractivity (Wildman–Crippen MR) is 54.8 cm³/mol. The average molecular weight is 240 g/mol. The Kier molecular flexibility index (Phi) is 1.74. The van der Waals surface area contributed by atoms with Gasteiger partial charge in [0.2, 0.25) is 0 Å². The molecule has 0 aliphatic carbocycles. The molecule has 13 heavy (non-hydrogen) atoms. The number of rotatable bonds is 0. The number of nitrogens with zero attached hydrogens (tertiary/aromatic N) is 1. The van der Waals surface area contributed by atoms with Crippen LogP contribution in [0.2, 0.25) is 0 Å². The molecule has 1 amide bonds. The van der Waals surface area contributed by atoms with Crippen molar-refractivity contribution in [2.45, 2.75) is 11.4 Å². The zero-order valence-electron chi connectivity index (χ0n) is 7.54. The smallest absolute Gasteiger partial charge is 0.255 e. The molecule has 0 saturated carbocycles. The van der Waals surface area contributed by atoms with Crippen molar-refractivity contribution in [2.24, 2.45) is 0 Å². The zero-order valence-corrected chi connectivity index (χ0v) is 9.13. The van der Waals surface area contributed by atoms with E-state index < -0.39 is 0 Å². The van der Waals surface area contributed by atoms with Crippen molar-refractivity contribution in [3.8, 4) is 0 Å². The number of hydrogen-bond acceptors (Lipinski definition) is 1.